The highest BCUT2D eigenvalue weighted by Crippen LogP contribution is 2.32. The van der Waals surface area contributed by atoms with Gasteiger partial charge in [-0.3, -0.25) is 19.9 Å². The largest absolute Gasteiger partial charge is 0.359 e. The molecule has 5 rings (SSSR count). The van der Waals surface area contributed by atoms with Crippen molar-refractivity contribution < 1.29 is 4.79 Å². The Kier molecular flexibility index (Phi) is 6.22. The number of rotatable bonds is 7. The number of allylic oxidation sites excluding steroid dienone is 1. The van der Waals surface area contributed by atoms with E-state index < -0.39 is 0 Å². The number of amides is 1. The first kappa shape index (κ1) is 22.3. The smallest absolute Gasteiger partial charge is 0.224 e. The first-order chi connectivity index (χ1) is 17.2. The first-order valence-electron chi connectivity index (χ1n) is 11.7. The number of fused-ring (bicyclic) bond motifs is 1. The molecule has 1 amide bonds. The number of benzene rings is 1. The predicted octanol–water partition coefficient (Wildman–Crippen LogP) is 6.21. The minimum absolute atomic E-state index is 0.00669. The number of nitrogens with one attached hydrogen (secondary N) is 3. The molecule has 3 N–H and O–H groups in total. The Morgan fingerprint density at radius 3 is 2.80 bits per heavy atom. The van der Waals surface area contributed by atoms with Gasteiger partial charge in [0, 0.05) is 47.1 Å². The van der Waals surface area contributed by atoms with E-state index in [-0.39, 0.29) is 5.91 Å². The molecule has 0 bridgehead atoms. The van der Waals surface area contributed by atoms with Gasteiger partial charge in [-0.05, 0) is 55.3 Å². The molecule has 0 saturated carbocycles. The summed E-state index contributed by atoms with van der Waals surface area (Å²) in [6, 6.07) is 16.1. The summed E-state index contributed by atoms with van der Waals surface area (Å²) in [4.78, 5) is 24.2. The van der Waals surface area contributed by atoms with Gasteiger partial charge in [-0.15, -0.1) is 0 Å². The van der Waals surface area contributed by atoms with E-state index in [1.807, 2.05) is 56.4 Å². The number of carbonyl (C=O) groups is 1. The van der Waals surface area contributed by atoms with Crippen molar-refractivity contribution in [2.45, 2.75) is 26.7 Å². The van der Waals surface area contributed by atoms with Gasteiger partial charge in [-0.25, -0.2) is 0 Å². The number of anilines is 1. The van der Waals surface area contributed by atoms with E-state index in [1.165, 1.54) is 0 Å². The lowest BCUT2D eigenvalue weighted by atomic mass is 10.0. The number of hydrogen-bond acceptors (Lipinski definition) is 4. The fourth-order valence-electron chi connectivity index (χ4n) is 4.19. The fourth-order valence-corrected chi connectivity index (χ4v) is 4.19. The summed E-state index contributed by atoms with van der Waals surface area (Å²) in [6.07, 6.45) is 10.6. The minimum atomic E-state index is -0.00669. The van der Waals surface area contributed by atoms with E-state index in [9.17, 15) is 4.79 Å². The van der Waals surface area contributed by atoms with Crippen molar-refractivity contribution >= 4 is 28.1 Å². The van der Waals surface area contributed by atoms with E-state index in [4.69, 9.17) is 0 Å². The normalized spacial score (nSPS) is 11.7. The molecule has 4 heterocycles. The van der Waals surface area contributed by atoms with Crippen LogP contribution in [0.4, 0.5) is 5.69 Å². The number of nitrogens with zero attached hydrogens (tertiary/aromatic N) is 3. The standard InChI is InChI=1S/C28H26N6O/c1-3-7-27(35)32-21-12-19(15-29-17-21)18-9-10-25-23(13-18)28(34-33-25)26-14-20(16-31-26)22(4-2)24-8-5-6-11-30-24/h4-6,8-17,31H,3,7H2,1-2H3,(H,32,35)(H,33,34)/b22-4+. The lowest BCUT2D eigenvalue weighted by molar-refractivity contribution is -0.116. The number of hydrogen-bond donors (Lipinski definition) is 3. The van der Waals surface area contributed by atoms with E-state index in [0.717, 1.165) is 56.7 Å². The Hall–Kier alpha value is -4.52. The third kappa shape index (κ3) is 4.61. The summed E-state index contributed by atoms with van der Waals surface area (Å²) < 4.78 is 0. The van der Waals surface area contributed by atoms with Crippen molar-refractivity contribution in [3.63, 3.8) is 0 Å². The maximum atomic E-state index is 12.0. The predicted molar refractivity (Wildman–Crippen MR) is 140 cm³/mol. The molecular weight excluding hydrogens is 436 g/mol. The molecule has 0 saturated heterocycles. The number of aromatic amines is 2. The van der Waals surface area contributed by atoms with Crippen LogP contribution in [0.5, 0.6) is 0 Å². The molecule has 0 aliphatic heterocycles. The molecular formula is C28H26N6O. The molecule has 0 aliphatic carbocycles. The van der Waals surface area contributed by atoms with Crippen LogP contribution >= 0.6 is 0 Å². The number of carbonyl (C=O) groups excluding carboxylic acids is 1. The average molecular weight is 463 g/mol. The molecule has 7 heteroatoms. The van der Waals surface area contributed by atoms with E-state index in [2.05, 4.69) is 48.7 Å². The van der Waals surface area contributed by atoms with Crippen LogP contribution in [-0.2, 0) is 4.79 Å². The number of pyridine rings is 2. The third-order valence-corrected chi connectivity index (χ3v) is 5.87. The second kappa shape index (κ2) is 9.77. The number of H-pyrrole nitrogens is 2. The van der Waals surface area contributed by atoms with E-state index in [1.54, 1.807) is 18.6 Å². The summed E-state index contributed by atoms with van der Waals surface area (Å²) in [6.45, 7) is 4.00. The second-order valence-corrected chi connectivity index (χ2v) is 8.31. The minimum Gasteiger partial charge on any atom is -0.359 e. The molecule has 7 nitrogen and oxygen atoms in total. The van der Waals surface area contributed by atoms with Crippen molar-refractivity contribution in [3.05, 3.63) is 90.7 Å². The van der Waals surface area contributed by atoms with Gasteiger partial charge >= 0.3 is 0 Å². The van der Waals surface area contributed by atoms with Gasteiger partial charge in [-0.2, -0.15) is 5.10 Å². The lowest BCUT2D eigenvalue weighted by Gasteiger charge is -2.07. The average Bonchev–Trinajstić information content (AvgIpc) is 3.52. The maximum Gasteiger partial charge on any atom is 0.224 e. The first-order valence-corrected chi connectivity index (χ1v) is 11.7. The molecule has 0 fully saturated rings. The quantitative estimate of drug-likeness (QED) is 0.268. The third-order valence-electron chi connectivity index (χ3n) is 5.87. The highest BCUT2D eigenvalue weighted by molar-refractivity contribution is 5.96. The zero-order valence-electron chi connectivity index (χ0n) is 19.7. The Morgan fingerprint density at radius 1 is 1.09 bits per heavy atom. The van der Waals surface area contributed by atoms with E-state index >= 15 is 0 Å². The monoisotopic (exact) mass is 462 g/mol. The molecule has 0 spiro atoms. The van der Waals surface area contributed by atoms with Crippen LogP contribution in [0.2, 0.25) is 0 Å². The van der Waals surface area contributed by atoms with E-state index in [0.29, 0.717) is 12.1 Å². The fraction of sp³-hybridized carbons (Fsp3) is 0.143. The lowest BCUT2D eigenvalue weighted by Crippen LogP contribution is -2.10. The Balaban J connectivity index is 1.48. The summed E-state index contributed by atoms with van der Waals surface area (Å²) in [7, 11) is 0. The molecule has 0 radical (unpaired) electrons. The van der Waals surface area contributed by atoms with Gasteiger partial charge in [-0.1, -0.05) is 25.1 Å². The van der Waals surface area contributed by atoms with Crippen molar-refractivity contribution in [2.75, 3.05) is 5.32 Å². The summed E-state index contributed by atoms with van der Waals surface area (Å²) >= 11 is 0. The van der Waals surface area contributed by atoms with Gasteiger partial charge in [0.25, 0.3) is 0 Å². The van der Waals surface area contributed by atoms with Gasteiger partial charge in [0.15, 0.2) is 0 Å². The SMILES string of the molecule is C/C=C(\c1c[nH]c(-c2n[nH]c3ccc(-c4cncc(NC(=O)CCC)c4)cc23)c1)c1ccccn1. The summed E-state index contributed by atoms with van der Waals surface area (Å²) in [5, 5.41) is 11.6. The molecule has 35 heavy (non-hydrogen) atoms. The topological polar surface area (TPSA) is 99.4 Å². The van der Waals surface area contributed by atoms with Gasteiger partial charge in [0.05, 0.1) is 28.8 Å². The van der Waals surface area contributed by atoms with Crippen LogP contribution in [0.15, 0.2) is 79.4 Å². The van der Waals surface area contributed by atoms with Gasteiger partial charge in [0.1, 0.15) is 5.69 Å². The molecule has 174 valence electrons. The van der Waals surface area contributed by atoms with Gasteiger partial charge in [0.2, 0.25) is 5.91 Å². The summed E-state index contributed by atoms with van der Waals surface area (Å²) in [5.41, 5.74) is 8.33. The second-order valence-electron chi connectivity index (χ2n) is 8.31. The van der Waals surface area contributed by atoms with Crippen LogP contribution in [0.3, 0.4) is 0 Å². The molecule has 1 aromatic carbocycles. The Labute approximate surface area is 203 Å². The number of aromatic nitrogens is 5. The zero-order chi connectivity index (χ0) is 24.2. The summed E-state index contributed by atoms with van der Waals surface area (Å²) in [5.74, 6) is -0.00669. The van der Waals surface area contributed by atoms with Crippen molar-refractivity contribution in [1.29, 1.82) is 0 Å². The van der Waals surface area contributed by atoms with Crippen LogP contribution in [0, 0.1) is 0 Å². The molecule has 0 aliphatic rings. The van der Waals surface area contributed by atoms with Crippen molar-refractivity contribution in [3.8, 4) is 22.5 Å². The van der Waals surface area contributed by atoms with Crippen LogP contribution in [-0.4, -0.2) is 31.1 Å². The molecule has 0 atom stereocenters. The van der Waals surface area contributed by atoms with Crippen LogP contribution < -0.4 is 5.32 Å². The van der Waals surface area contributed by atoms with Crippen LogP contribution in [0.1, 0.15) is 37.9 Å². The Bertz CT molecular complexity index is 1510. The highest BCUT2D eigenvalue weighted by atomic mass is 16.1. The maximum absolute atomic E-state index is 12.0. The van der Waals surface area contributed by atoms with Crippen molar-refractivity contribution in [2.24, 2.45) is 0 Å². The van der Waals surface area contributed by atoms with Gasteiger partial charge < -0.3 is 10.3 Å². The zero-order valence-corrected chi connectivity index (χ0v) is 19.7. The van der Waals surface area contributed by atoms with Crippen molar-refractivity contribution in [1.82, 2.24) is 25.1 Å². The molecule has 4 aromatic heterocycles. The molecule has 5 aromatic rings. The Morgan fingerprint density at radius 2 is 2.00 bits per heavy atom. The van der Waals surface area contributed by atoms with Crippen LogP contribution in [0.25, 0.3) is 39.0 Å². The molecule has 0 unspecified atom stereocenters. The highest BCUT2D eigenvalue weighted by Gasteiger charge is 2.14.